The van der Waals surface area contributed by atoms with E-state index in [2.05, 4.69) is 26.9 Å². The maximum atomic E-state index is 10.5. The summed E-state index contributed by atoms with van der Waals surface area (Å²) in [4.78, 5) is 16.2. The number of nitrogen functional groups attached to an aromatic ring is 1. The Morgan fingerprint density at radius 1 is 1.71 bits per heavy atom. The molecule has 8 nitrogen and oxygen atoms in total. The van der Waals surface area contributed by atoms with E-state index in [1.165, 1.54) is 6.07 Å². The second-order valence-electron chi connectivity index (χ2n) is 2.89. The minimum atomic E-state index is -0.572. The Morgan fingerprint density at radius 3 is 3.12 bits per heavy atom. The maximum Gasteiger partial charge on any atom is 0.288 e. The van der Waals surface area contributed by atoms with Crippen LogP contribution in [0, 0.1) is 22.0 Å². The van der Waals surface area contributed by atoms with Crippen LogP contribution in [-0.2, 0) is 0 Å². The monoisotopic (exact) mass is 232 g/mol. The molecule has 0 radical (unpaired) electrons. The van der Waals surface area contributed by atoms with Crippen LogP contribution in [0.3, 0.4) is 0 Å². The van der Waals surface area contributed by atoms with Gasteiger partial charge < -0.3 is 5.73 Å². The van der Waals surface area contributed by atoms with Crippen LogP contribution in [0.2, 0.25) is 0 Å². The van der Waals surface area contributed by atoms with E-state index in [1.807, 2.05) is 0 Å². The lowest BCUT2D eigenvalue weighted by atomic mass is 10.2. The van der Waals surface area contributed by atoms with E-state index in [0.717, 1.165) is 6.20 Å². The first-order chi connectivity index (χ1) is 8.15. The molecule has 0 bridgehead atoms. The van der Waals surface area contributed by atoms with E-state index < -0.39 is 4.92 Å². The molecule has 0 spiro atoms. The summed E-state index contributed by atoms with van der Waals surface area (Å²) in [5.41, 5.74) is 13.7. The standard InChI is InChI=1S/C9H8N6O2/c10-9-7(3-1-2-4-13-14-11)5-8(6-12-9)15(16)17/h5-6H,2,4H2,(H2,10,12). The van der Waals surface area contributed by atoms with Crippen LogP contribution in [0.5, 0.6) is 0 Å². The molecule has 0 saturated carbocycles. The van der Waals surface area contributed by atoms with E-state index >= 15 is 0 Å². The summed E-state index contributed by atoms with van der Waals surface area (Å²) >= 11 is 0. The van der Waals surface area contributed by atoms with Crippen LogP contribution in [-0.4, -0.2) is 16.5 Å². The number of hydrogen-bond acceptors (Lipinski definition) is 5. The summed E-state index contributed by atoms with van der Waals surface area (Å²) in [6.45, 7) is 0.242. The second kappa shape index (κ2) is 5.95. The van der Waals surface area contributed by atoms with Crippen LogP contribution >= 0.6 is 0 Å². The topological polar surface area (TPSA) is 131 Å². The Hall–Kier alpha value is -2.78. The molecule has 17 heavy (non-hydrogen) atoms. The van der Waals surface area contributed by atoms with Gasteiger partial charge in [-0.25, -0.2) is 4.98 Å². The summed E-state index contributed by atoms with van der Waals surface area (Å²) in [5.74, 6) is 5.46. The molecule has 0 unspecified atom stereocenters. The van der Waals surface area contributed by atoms with Crippen LogP contribution in [0.4, 0.5) is 11.5 Å². The van der Waals surface area contributed by atoms with E-state index in [1.54, 1.807) is 0 Å². The van der Waals surface area contributed by atoms with Crippen molar-refractivity contribution in [1.82, 2.24) is 4.98 Å². The lowest BCUT2D eigenvalue weighted by Crippen LogP contribution is -1.97. The Morgan fingerprint density at radius 2 is 2.47 bits per heavy atom. The maximum absolute atomic E-state index is 10.5. The molecule has 8 heteroatoms. The van der Waals surface area contributed by atoms with Crippen molar-refractivity contribution in [2.45, 2.75) is 6.42 Å². The highest BCUT2D eigenvalue weighted by Crippen LogP contribution is 2.15. The van der Waals surface area contributed by atoms with Gasteiger partial charge in [0.25, 0.3) is 5.69 Å². The van der Waals surface area contributed by atoms with Gasteiger partial charge in [-0.2, -0.15) is 0 Å². The van der Waals surface area contributed by atoms with Gasteiger partial charge in [0.2, 0.25) is 0 Å². The number of nitrogens with two attached hydrogens (primary N) is 1. The van der Waals surface area contributed by atoms with Crippen molar-refractivity contribution < 1.29 is 4.92 Å². The molecule has 86 valence electrons. The normalized spacial score (nSPS) is 8.71. The van der Waals surface area contributed by atoms with Gasteiger partial charge in [0.05, 0.1) is 10.5 Å². The molecule has 1 rings (SSSR count). The highest BCUT2D eigenvalue weighted by molar-refractivity contribution is 5.54. The number of aromatic nitrogens is 1. The fourth-order valence-electron chi connectivity index (χ4n) is 0.973. The Bertz CT molecular complexity index is 538. The van der Waals surface area contributed by atoms with Gasteiger partial charge in [0.1, 0.15) is 12.0 Å². The highest BCUT2D eigenvalue weighted by Gasteiger charge is 2.08. The molecule has 0 aliphatic rings. The van der Waals surface area contributed by atoms with Crippen molar-refractivity contribution in [3.05, 3.63) is 38.4 Å². The number of azide groups is 1. The molecular formula is C9H8N6O2. The molecular weight excluding hydrogens is 224 g/mol. The minimum Gasteiger partial charge on any atom is -0.383 e. The third kappa shape index (κ3) is 3.70. The van der Waals surface area contributed by atoms with Gasteiger partial charge in [0, 0.05) is 23.9 Å². The van der Waals surface area contributed by atoms with Crippen molar-refractivity contribution in [3.63, 3.8) is 0 Å². The summed E-state index contributed by atoms with van der Waals surface area (Å²) in [6, 6.07) is 1.25. The van der Waals surface area contributed by atoms with Crippen molar-refractivity contribution in [1.29, 1.82) is 0 Å². The Labute approximate surface area is 96.2 Å². The number of anilines is 1. The van der Waals surface area contributed by atoms with E-state index in [4.69, 9.17) is 11.3 Å². The summed E-state index contributed by atoms with van der Waals surface area (Å²) in [5, 5.41) is 13.8. The Kier molecular flexibility index (Phi) is 4.30. The molecule has 0 fully saturated rings. The third-order valence-corrected chi connectivity index (χ3v) is 1.74. The van der Waals surface area contributed by atoms with E-state index in [9.17, 15) is 10.1 Å². The van der Waals surface area contributed by atoms with Crippen molar-refractivity contribution in [2.75, 3.05) is 12.3 Å². The second-order valence-corrected chi connectivity index (χ2v) is 2.89. The first-order valence-corrected chi connectivity index (χ1v) is 4.55. The molecule has 1 aromatic heterocycles. The van der Waals surface area contributed by atoms with Gasteiger partial charge in [0.15, 0.2) is 0 Å². The zero-order chi connectivity index (χ0) is 12.7. The third-order valence-electron chi connectivity index (χ3n) is 1.74. The van der Waals surface area contributed by atoms with E-state index in [-0.39, 0.29) is 18.1 Å². The smallest absolute Gasteiger partial charge is 0.288 e. The number of hydrogen-bond donors (Lipinski definition) is 1. The fourth-order valence-corrected chi connectivity index (χ4v) is 0.973. The van der Waals surface area contributed by atoms with Crippen molar-refractivity contribution in [2.24, 2.45) is 5.11 Å². The largest absolute Gasteiger partial charge is 0.383 e. The van der Waals surface area contributed by atoms with Crippen LogP contribution in [0.25, 0.3) is 10.4 Å². The van der Waals surface area contributed by atoms with Crippen LogP contribution in [0.15, 0.2) is 17.4 Å². The molecule has 1 aromatic rings. The van der Waals surface area contributed by atoms with Gasteiger partial charge in [-0.05, 0) is 5.53 Å². The molecule has 0 aromatic carbocycles. The van der Waals surface area contributed by atoms with E-state index in [0.29, 0.717) is 12.0 Å². The quantitative estimate of drug-likeness (QED) is 0.161. The lowest BCUT2D eigenvalue weighted by Gasteiger charge is -1.96. The predicted molar refractivity (Wildman–Crippen MR) is 60.8 cm³/mol. The highest BCUT2D eigenvalue weighted by atomic mass is 16.6. The number of pyridine rings is 1. The molecule has 0 saturated heterocycles. The molecule has 0 aliphatic heterocycles. The average molecular weight is 232 g/mol. The number of rotatable bonds is 3. The van der Waals surface area contributed by atoms with Crippen molar-refractivity contribution in [3.8, 4) is 11.8 Å². The number of nitrogens with zero attached hydrogens (tertiary/aromatic N) is 5. The van der Waals surface area contributed by atoms with Crippen molar-refractivity contribution >= 4 is 11.5 Å². The zero-order valence-electron chi connectivity index (χ0n) is 8.70. The summed E-state index contributed by atoms with van der Waals surface area (Å²) in [6.07, 6.45) is 1.42. The van der Waals surface area contributed by atoms with Gasteiger partial charge in [-0.15, -0.1) is 0 Å². The van der Waals surface area contributed by atoms with Crippen LogP contribution < -0.4 is 5.73 Å². The van der Waals surface area contributed by atoms with Crippen LogP contribution in [0.1, 0.15) is 12.0 Å². The summed E-state index contributed by atoms with van der Waals surface area (Å²) in [7, 11) is 0. The molecule has 0 atom stereocenters. The molecule has 0 aliphatic carbocycles. The average Bonchev–Trinajstić information content (AvgIpc) is 2.30. The first-order valence-electron chi connectivity index (χ1n) is 4.55. The fraction of sp³-hybridized carbons (Fsp3) is 0.222. The summed E-state index contributed by atoms with van der Waals surface area (Å²) < 4.78 is 0. The predicted octanol–water partition coefficient (Wildman–Crippen LogP) is 1.62. The number of nitro groups is 1. The van der Waals surface area contributed by atoms with Gasteiger partial charge in [-0.3, -0.25) is 10.1 Å². The van der Waals surface area contributed by atoms with Gasteiger partial charge in [-0.1, -0.05) is 17.0 Å². The zero-order valence-corrected chi connectivity index (χ0v) is 8.70. The van der Waals surface area contributed by atoms with Gasteiger partial charge >= 0.3 is 0 Å². The lowest BCUT2D eigenvalue weighted by molar-refractivity contribution is -0.385. The minimum absolute atomic E-state index is 0.131. The first kappa shape index (κ1) is 12.3. The molecule has 0 amide bonds. The molecule has 1 heterocycles. The molecule has 2 N–H and O–H groups in total. The Balaban J connectivity index is 2.85. The SMILES string of the molecule is [N-]=[N+]=NCCC#Cc1cc([N+](=O)[O-])cnc1N.